The van der Waals surface area contributed by atoms with Crippen molar-refractivity contribution in [3.05, 3.63) is 30.3 Å². The molecule has 2 saturated heterocycles. The van der Waals surface area contributed by atoms with E-state index in [1.165, 1.54) is 19.3 Å². The minimum absolute atomic E-state index is 0.742. The maximum Gasteiger partial charge on any atom is 0.227 e. The molecule has 124 valence electrons. The average molecular weight is 314 g/mol. The number of likely N-dealkylation sites (tertiary alicyclic amines) is 1. The lowest BCUT2D eigenvalue weighted by atomic mass is 10.1. The maximum absolute atomic E-state index is 5.47. The van der Waals surface area contributed by atoms with Gasteiger partial charge < -0.3 is 14.5 Å². The number of nitrogens with zero attached hydrogens (tertiary/aromatic N) is 4. The summed E-state index contributed by atoms with van der Waals surface area (Å²) in [5.41, 5.74) is 0.948. The molecule has 2 aliphatic heterocycles. The van der Waals surface area contributed by atoms with Gasteiger partial charge in [-0.15, -0.1) is 0 Å². The highest BCUT2D eigenvalue weighted by Gasteiger charge is 2.17. The monoisotopic (exact) mass is 314 g/mol. The van der Waals surface area contributed by atoms with Crippen molar-refractivity contribution in [1.29, 1.82) is 0 Å². The smallest absolute Gasteiger partial charge is 0.227 e. The highest BCUT2D eigenvalue weighted by molar-refractivity contribution is 5.96. The summed E-state index contributed by atoms with van der Waals surface area (Å²) in [7, 11) is 0. The summed E-state index contributed by atoms with van der Waals surface area (Å²) in [4.78, 5) is 14.3. The SMILES string of the molecule is C/C(=N\C(=Nc1ccccc1)N1CCOCC1)N1CCCCC1. The second kappa shape index (κ2) is 8.11. The van der Waals surface area contributed by atoms with Crippen LogP contribution in [0.15, 0.2) is 40.3 Å². The van der Waals surface area contributed by atoms with E-state index in [0.29, 0.717) is 0 Å². The molecule has 0 amide bonds. The van der Waals surface area contributed by atoms with E-state index in [0.717, 1.165) is 56.9 Å². The van der Waals surface area contributed by atoms with Crippen LogP contribution in [0.4, 0.5) is 5.69 Å². The van der Waals surface area contributed by atoms with Crippen LogP contribution in [-0.2, 0) is 4.74 Å². The molecular formula is C18H26N4O. The molecule has 0 unspecified atom stereocenters. The minimum Gasteiger partial charge on any atom is -0.378 e. The minimum atomic E-state index is 0.742. The topological polar surface area (TPSA) is 40.4 Å². The van der Waals surface area contributed by atoms with Gasteiger partial charge in [-0.25, -0.2) is 9.98 Å². The molecule has 5 nitrogen and oxygen atoms in total. The number of para-hydroxylation sites is 1. The number of morpholine rings is 1. The quantitative estimate of drug-likeness (QED) is 0.591. The molecule has 0 saturated carbocycles. The van der Waals surface area contributed by atoms with E-state index in [4.69, 9.17) is 14.7 Å². The number of benzene rings is 1. The first-order valence-electron chi connectivity index (χ1n) is 8.59. The molecule has 0 spiro atoms. The molecule has 0 N–H and O–H groups in total. The van der Waals surface area contributed by atoms with E-state index >= 15 is 0 Å². The van der Waals surface area contributed by atoms with Crippen LogP contribution in [-0.4, -0.2) is 61.0 Å². The van der Waals surface area contributed by atoms with Gasteiger partial charge >= 0.3 is 0 Å². The van der Waals surface area contributed by atoms with Gasteiger partial charge in [-0.1, -0.05) is 18.2 Å². The van der Waals surface area contributed by atoms with Crippen LogP contribution in [0.5, 0.6) is 0 Å². The van der Waals surface area contributed by atoms with E-state index in [2.05, 4.69) is 16.7 Å². The molecule has 0 bridgehead atoms. The summed E-state index contributed by atoms with van der Waals surface area (Å²) in [5, 5.41) is 0. The number of ether oxygens (including phenoxy) is 1. The van der Waals surface area contributed by atoms with Crippen LogP contribution in [0.25, 0.3) is 0 Å². The highest BCUT2D eigenvalue weighted by atomic mass is 16.5. The van der Waals surface area contributed by atoms with Crippen LogP contribution in [0.1, 0.15) is 26.2 Å². The third-order valence-corrected chi connectivity index (χ3v) is 4.35. The molecule has 1 aromatic rings. The van der Waals surface area contributed by atoms with Crippen molar-refractivity contribution in [2.45, 2.75) is 26.2 Å². The largest absolute Gasteiger partial charge is 0.378 e. The van der Waals surface area contributed by atoms with Crippen molar-refractivity contribution in [3.8, 4) is 0 Å². The van der Waals surface area contributed by atoms with Gasteiger partial charge in [0.25, 0.3) is 0 Å². The summed E-state index contributed by atoms with van der Waals surface area (Å²) in [6, 6.07) is 10.1. The van der Waals surface area contributed by atoms with Gasteiger partial charge in [-0.05, 0) is 38.3 Å². The van der Waals surface area contributed by atoms with Crippen LogP contribution >= 0.6 is 0 Å². The number of hydrogen-bond donors (Lipinski definition) is 0. The fraction of sp³-hybridized carbons (Fsp3) is 0.556. The van der Waals surface area contributed by atoms with E-state index in [1.807, 2.05) is 30.3 Å². The molecule has 0 atom stereocenters. The number of aliphatic imine (C=N–C) groups is 2. The second-order valence-corrected chi connectivity index (χ2v) is 6.05. The van der Waals surface area contributed by atoms with Gasteiger partial charge in [0.2, 0.25) is 5.96 Å². The van der Waals surface area contributed by atoms with E-state index in [-0.39, 0.29) is 0 Å². The summed E-state index contributed by atoms with van der Waals surface area (Å²) in [6.07, 6.45) is 3.85. The fourth-order valence-electron chi connectivity index (χ4n) is 2.98. The van der Waals surface area contributed by atoms with E-state index in [9.17, 15) is 0 Å². The lowest BCUT2D eigenvalue weighted by molar-refractivity contribution is 0.0676. The van der Waals surface area contributed by atoms with Crippen molar-refractivity contribution in [3.63, 3.8) is 0 Å². The Morgan fingerprint density at radius 2 is 1.61 bits per heavy atom. The summed E-state index contributed by atoms with van der Waals surface area (Å²) < 4.78 is 5.47. The van der Waals surface area contributed by atoms with Crippen molar-refractivity contribution >= 4 is 17.5 Å². The van der Waals surface area contributed by atoms with Crippen LogP contribution in [0.3, 0.4) is 0 Å². The number of piperidine rings is 1. The first-order valence-corrected chi connectivity index (χ1v) is 8.59. The predicted octanol–water partition coefficient (Wildman–Crippen LogP) is 2.91. The molecule has 23 heavy (non-hydrogen) atoms. The zero-order chi connectivity index (χ0) is 15.9. The zero-order valence-electron chi connectivity index (χ0n) is 13.9. The van der Waals surface area contributed by atoms with Crippen molar-refractivity contribution in [1.82, 2.24) is 9.80 Å². The van der Waals surface area contributed by atoms with Gasteiger partial charge in [0.15, 0.2) is 0 Å². The Labute approximate surface area is 138 Å². The van der Waals surface area contributed by atoms with Crippen LogP contribution in [0.2, 0.25) is 0 Å². The number of amidine groups is 1. The van der Waals surface area contributed by atoms with Gasteiger partial charge in [0, 0.05) is 26.2 Å². The summed E-state index contributed by atoms with van der Waals surface area (Å²) in [5.74, 6) is 1.88. The first kappa shape index (κ1) is 16.0. The Bertz CT molecular complexity index is 543. The molecule has 0 aromatic heterocycles. The third-order valence-electron chi connectivity index (χ3n) is 4.35. The number of guanidine groups is 1. The van der Waals surface area contributed by atoms with E-state index < -0.39 is 0 Å². The molecule has 2 aliphatic rings. The summed E-state index contributed by atoms with van der Waals surface area (Å²) >= 11 is 0. The van der Waals surface area contributed by atoms with Gasteiger partial charge in [0.05, 0.1) is 18.9 Å². The number of rotatable bonds is 1. The van der Waals surface area contributed by atoms with E-state index in [1.54, 1.807) is 0 Å². The molecule has 3 rings (SSSR count). The Morgan fingerprint density at radius 1 is 0.913 bits per heavy atom. The normalized spacial score (nSPS) is 20.7. The molecule has 5 heteroatoms. The van der Waals surface area contributed by atoms with Gasteiger partial charge in [-0.3, -0.25) is 0 Å². The Morgan fingerprint density at radius 3 is 2.30 bits per heavy atom. The van der Waals surface area contributed by atoms with Crippen LogP contribution in [0, 0.1) is 0 Å². The highest BCUT2D eigenvalue weighted by Crippen LogP contribution is 2.14. The van der Waals surface area contributed by atoms with Crippen molar-refractivity contribution in [2.75, 3.05) is 39.4 Å². The predicted molar refractivity (Wildman–Crippen MR) is 94.5 cm³/mol. The Kier molecular flexibility index (Phi) is 5.64. The first-order chi connectivity index (χ1) is 11.3. The van der Waals surface area contributed by atoms with Crippen molar-refractivity contribution in [2.24, 2.45) is 9.98 Å². The van der Waals surface area contributed by atoms with Gasteiger partial charge in [0.1, 0.15) is 5.84 Å². The molecule has 0 aliphatic carbocycles. The molecular weight excluding hydrogens is 288 g/mol. The maximum atomic E-state index is 5.47. The lowest BCUT2D eigenvalue weighted by Crippen LogP contribution is -2.41. The second-order valence-electron chi connectivity index (χ2n) is 6.05. The van der Waals surface area contributed by atoms with Crippen LogP contribution < -0.4 is 0 Å². The molecule has 2 heterocycles. The molecule has 2 fully saturated rings. The molecule has 0 radical (unpaired) electrons. The lowest BCUT2D eigenvalue weighted by Gasteiger charge is -2.31. The van der Waals surface area contributed by atoms with Gasteiger partial charge in [-0.2, -0.15) is 0 Å². The fourth-order valence-corrected chi connectivity index (χ4v) is 2.98. The average Bonchev–Trinajstić information content (AvgIpc) is 2.63. The van der Waals surface area contributed by atoms with Crippen molar-refractivity contribution < 1.29 is 4.74 Å². The standard InChI is InChI=1S/C18H26N4O/c1-16(21-10-6-3-7-11-21)19-18(22-12-14-23-15-13-22)20-17-8-4-2-5-9-17/h2,4-5,8-9H,3,6-7,10-15H2,1H3/b19-16+,20-18?. The summed E-state index contributed by atoms with van der Waals surface area (Å²) in [6.45, 7) is 7.50. The Balaban J connectivity index is 1.83. The molecule has 1 aromatic carbocycles. The Hall–Kier alpha value is -1.88. The third kappa shape index (κ3) is 4.55. The zero-order valence-corrected chi connectivity index (χ0v) is 13.9. The number of hydrogen-bond acceptors (Lipinski definition) is 2.